The highest BCUT2D eigenvalue weighted by atomic mass is 32.2. The topological polar surface area (TPSA) is 133 Å². The molecule has 0 bridgehead atoms. The molecule has 154 valence electrons. The number of ether oxygens (including phenoxy) is 2. The van der Waals surface area contributed by atoms with Gasteiger partial charge in [0, 0.05) is 25.0 Å². The predicted molar refractivity (Wildman–Crippen MR) is 109 cm³/mol. The zero-order valence-corrected chi connectivity index (χ0v) is 16.5. The highest BCUT2D eigenvalue weighted by molar-refractivity contribution is 7.92. The number of aromatic nitrogens is 1. The van der Waals surface area contributed by atoms with Crippen LogP contribution >= 0.6 is 0 Å². The number of anilines is 1. The lowest BCUT2D eigenvalue weighted by Crippen LogP contribution is -2.28. The third-order valence-corrected chi connectivity index (χ3v) is 5.82. The number of carbonyl (C=O) groups is 1. The van der Waals surface area contributed by atoms with Gasteiger partial charge < -0.3 is 20.5 Å². The summed E-state index contributed by atoms with van der Waals surface area (Å²) < 4.78 is 38.9. The number of hydrogen-bond acceptors (Lipinski definition) is 6. The monoisotopic (exact) mass is 426 g/mol. The van der Waals surface area contributed by atoms with Gasteiger partial charge >= 0.3 is 6.03 Å². The molecule has 4 rings (SSSR count). The normalized spacial score (nSPS) is 12.4. The van der Waals surface area contributed by atoms with E-state index >= 15 is 0 Å². The minimum absolute atomic E-state index is 0.0864. The fourth-order valence-corrected chi connectivity index (χ4v) is 4.13. The molecular formula is C20H18N4O5S. The summed E-state index contributed by atoms with van der Waals surface area (Å²) in [5, 5.41) is 2.52. The smallest absolute Gasteiger partial charge is 0.312 e. The van der Waals surface area contributed by atoms with Gasteiger partial charge in [-0.25, -0.2) is 13.2 Å². The molecule has 4 N–H and O–H groups in total. The van der Waals surface area contributed by atoms with Crippen LogP contribution < -0.4 is 25.2 Å². The van der Waals surface area contributed by atoms with Crippen molar-refractivity contribution < 1.29 is 22.7 Å². The zero-order chi connectivity index (χ0) is 21.1. The van der Waals surface area contributed by atoms with Gasteiger partial charge in [0.1, 0.15) is 0 Å². The Bertz CT molecular complexity index is 1210. The Kier molecular flexibility index (Phi) is 5.15. The minimum Gasteiger partial charge on any atom is -0.454 e. The van der Waals surface area contributed by atoms with E-state index < -0.39 is 16.1 Å². The molecule has 9 nitrogen and oxygen atoms in total. The van der Waals surface area contributed by atoms with Crippen LogP contribution in [0.3, 0.4) is 0 Å². The number of urea groups is 1. The van der Waals surface area contributed by atoms with Crippen LogP contribution in [-0.2, 0) is 16.6 Å². The molecule has 0 aliphatic carbocycles. The highest BCUT2D eigenvalue weighted by Gasteiger charge is 2.19. The molecule has 0 saturated carbocycles. The van der Waals surface area contributed by atoms with Gasteiger partial charge in [-0.05, 0) is 47.0 Å². The van der Waals surface area contributed by atoms with E-state index in [9.17, 15) is 13.2 Å². The lowest BCUT2D eigenvalue weighted by Gasteiger charge is -2.12. The summed E-state index contributed by atoms with van der Waals surface area (Å²) in [6.45, 7) is 0.275. The van der Waals surface area contributed by atoms with Gasteiger partial charge in [0.15, 0.2) is 11.5 Å². The Morgan fingerprint density at radius 2 is 1.93 bits per heavy atom. The van der Waals surface area contributed by atoms with Gasteiger partial charge in [0.2, 0.25) is 6.79 Å². The van der Waals surface area contributed by atoms with E-state index in [2.05, 4.69) is 15.0 Å². The molecule has 3 aromatic rings. The molecule has 0 radical (unpaired) electrons. The van der Waals surface area contributed by atoms with E-state index in [1.165, 1.54) is 6.07 Å². The number of benzene rings is 2. The van der Waals surface area contributed by atoms with Crippen molar-refractivity contribution in [3.05, 3.63) is 66.5 Å². The number of primary amides is 1. The van der Waals surface area contributed by atoms with Gasteiger partial charge in [-0.2, -0.15) is 0 Å². The quantitative estimate of drug-likeness (QED) is 0.555. The summed E-state index contributed by atoms with van der Waals surface area (Å²) in [7, 11) is -3.85. The first kappa shape index (κ1) is 19.5. The van der Waals surface area contributed by atoms with Crippen molar-refractivity contribution in [1.82, 2.24) is 10.3 Å². The van der Waals surface area contributed by atoms with Crippen LogP contribution in [0.25, 0.3) is 11.1 Å². The molecule has 30 heavy (non-hydrogen) atoms. The molecule has 10 heteroatoms. The van der Waals surface area contributed by atoms with Crippen LogP contribution in [0.5, 0.6) is 11.5 Å². The SMILES string of the molecule is NC(=O)NCc1cnccc1-c1cccc(S(=O)(=O)Nc2ccc3c(c2)OCO3)c1. The van der Waals surface area contributed by atoms with Crippen LogP contribution in [0.15, 0.2) is 65.8 Å². The van der Waals surface area contributed by atoms with Gasteiger partial charge in [0.05, 0.1) is 10.6 Å². The van der Waals surface area contributed by atoms with Crippen LogP contribution in [0.2, 0.25) is 0 Å². The Morgan fingerprint density at radius 3 is 2.77 bits per heavy atom. The van der Waals surface area contributed by atoms with E-state index in [-0.39, 0.29) is 18.2 Å². The fourth-order valence-electron chi connectivity index (χ4n) is 3.04. The zero-order valence-electron chi connectivity index (χ0n) is 15.7. The van der Waals surface area contributed by atoms with Crippen molar-refractivity contribution in [2.45, 2.75) is 11.4 Å². The third-order valence-electron chi connectivity index (χ3n) is 4.44. The first-order valence-corrected chi connectivity index (χ1v) is 10.4. The number of nitrogens with two attached hydrogens (primary N) is 1. The van der Waals surface area contributed by atoms with Crippen molar-refractivity contribution >= 4 is 21.7 Å². The maximum absolute atomic E-state index is 12.9. The molecule has 1 aliphatic heterocycles. The van der Waals surface area contributed by atoms with Crippen molar-refractivity contribution in [2.24, 2.45) is 5.73 Å². The first-order chi connectivity index (χ1) is 14.4. The Labute approximate surface area is 172 Å². The number of pyridine rings is 1. The summed E-state index contributed by atoms with van der Waals surface area (Å²) >= 11 is 0. The number of hydrogen-bond donors (Lipinski definition) is 3. The molecule has 0 fully saturated rings. The fraction of sp³-hybridized carbons (Fsp3) is 0.100. The maximum Gasteiger partial charge on any atom is 0.312 e. The van der Waals surface area contributed by atoms with Crippen LogP contribution in [0.1, 0.15) is 5.56 Å². The summed E-state index contributed by atoms with van der Waals surface area (Å²) in [4.78, 5) is 15.2. The van der Waals surface area contributed by atoms with Crippen molar-refractivity contribution in [2.75, 3.05) is 11.5 Å². The second-order valence-electron chi connectivity index (χ2n) is 6.45. The largest absolute Gasteiger partial charge is 0.454 e. The molecule has 0 unspecified atom stereocenters. The molecular weight excluding hydrogens is 408 g/mol. The lowest BCUT2D eigenvalue weighted by molar-refractivity contribution is 0.174. The molecule has 2 aromatic carbocycles. The van der Waals surface area contributed by atoms with Crippen LogP contribution in [-0.4, -0.2) is 26.2 Å². The number of carbonyl (C=O) groups excluding carboxylic acids is 1. The maximum atomic E-state index is 12.9. The average molecular weight is 426 g/mol. The standard InChI is InChI=1S/C20H18N4O5S/c21-20(25)23-11-14-10-22-7-6-17(14)13-2-1-3-16(8-13)30(26,27)24-15-4-5-18-19(9-15)29-12-28-18/h1-10,24H,11-12H2,(H3,21,23,25). The van der Waals surface area contributed by atoms with Gasteiger partial charge in [-0.15, -0.1) is 0 Å². The van der Waals surface area contributed by atoms with E-state index in [1.54, 1.807) is 54.9 Å². The summed E-state index contributed by atoms with van der Waals surface area (Å²) in [5.41, 5.74) is 7.60. The van der Waals surface area contributed by atoms with Crippen molar-refractivity contribution in [3.8, 4) is 22.6 Å². The predicted octanol–water partition coefficient (Wildman–Crippen LogP) is 2.45. The number of amides is 2. The van der Waals surface area contributed by atoms with Crippen molar-refractivity contribution in [1.29, 1.82) is 0 Å². The molecule has 0 atom stereocenters. The van der Waals surface area contributed by atoms with Gasteiger partial charge in [-0.3, -0.25) is 9.71 Å². The summed E-state index contributed by atoms with van der Waals surface area (Å²) in [6.07, 6.45) is 3.19. The van der Waals surface area contributed by atoms with Crippen molar-refractivity contribution in [3.63, 3.8) is 0 Å². The molecule has 2 heterocycles. The van der Waals surface area contributed by atoms with Gasteiger partial charge in [-0.1, -0.05) is 12.1 Å². The van der Waals surface area contributed by atoms with E-state index in [1.807, 2.05) is 0 Å². The highest BCUT2D eigenvalue weighted by Crippen LogP contribution is 2.35. The summed E-state index contributed by atoms with van der Waals surface area (Å²) in [5.74, 6) is 1.04. The lowest BCUT2D eigenvalue weighted by atomic mass is 10.0. The Hall–Kier alpha value is -3.79. The summed E-state index contributed by atoms with van der Waals surface area (Å²) in [6, 6.07) is 12.4. The second kappa shape index (κ2) is 7.91. The number of sulfonamides is 1. The molecule has 0 saturated heterocycles. The third kappa shape index (κ3) is 4.13. The van der Waals surface area contributed by atoms with E-state index in [0.717, 1.165) is 5.56 Å². The van der Waals surface area contributed by atoms with Gasteiger partial charge in [0.25, 0.3) is 10.0 Å². The molecule has 1 aromatic heterocycles. The number of nitrogens with zero attached hydrogens (tertiary/aromatic N) is 1. The van der Waals surface area contributed by atoms with Crippen LogP contribution in [0, 0.1) is 0 Å². The average Bonchev–Trinajstić information content (AvgIpc) is 3.20. The first-order valence-electron chi connectivity index (χ1n) is 8.91. The molecule has 1 aliphatic rings. The minimum atomic E-state index is -3.85. The number of nitrogens with one attached hydrogen (secondary N) is 2. The van der Waals surface area contributed by atoms with E-state index in [4.69, 9.17) is 15.2 Å². The Balaban J connectivity index is 1.62. The molecule has 0 spiro atoms. The van der Waals surface area contributed by atoms with E-state index in [0.29, 0.717) is 28.3 Å². The second-order valence-corrected chi connectivity index (χ2v) is 8.13. The van der Waals surface area contributed by atoms with Crippen LogP contribution in [0.4, 0.5) is 10.5 Å². The Morgan fingerprint density at radius 1 is 1.10 bits per heavy atom. The number of fused-ring (bicyclic) bond motifs is 1. The molecule has 2 amide bonds. The number of rotatable bonds is 6.